The van der Waals surface area contributed by atoms with Crippen molar-refractivity contribution in [1.29, 1.82) is 0 Å². The lowest BCUT2D eigenvalue weighted by Crippen LogP contribution is -2.44. The monoisotopic (exact) mass is 581 g/mol. The number of likely N-dealkylation sites (N-methyl/N-ethyl adjacent to an activating group) is 1. The molecule has 0 spiro atoms. The third kappa shape index (κ3) is 6.22. The van der Waals surface area contributed by atoms with Gasteiger partial charge in [0.05, 0.1) is 24.7 Å². The number of nitrogens with zero attached hydrogens (tertiary/aromatic N) is 3. The molecule has 0 aliphatic carbocycles. The van der Waals surface area contributed by atoms with Gasteiger partial charge < -0.3 is 18.9 Å². The quantitative estimate of drug-likeness (QED) is 0.333. The van der Waals surface area contributed by atoms with E-state index in [-0.39, 0.29) is 42.0 Å². The zero-order chi connectivity index (χ0) is 30.1. The molecule has 4 rings (SSSR count). The van der Waals surface area contributed by atoms with Crippen molar-refractivity contribution in [3.8, 4) is 5.75 Å². The van der Waals surface area contributed by atoms with Crippen LogP contribution in [0.3, 0.4) is 0 Å². The van der Waals surface area contributed by atoms with Crippen LogP contribution >= 0.6 is 0 Å². The lowest BCUT2D eigenvalue weighted by atomic mass is 9.86. The smallest absolute Gasteiger partial charge is 0.249 e. The number of carbonyl (C=O) groups is 1. The Labute approximate surface area is 244 Å². The molecule has 1 aliphatic heterocycles. The van der Waals surface area contributed by atoms with Gasteiger partial charge in [0.25, 0.3) is 0 Å². The number of hydrogen-bond acceptors (Lipinski definition) is 5. The number of aromatic nitrogens is 1. The second-order valence-electron chi connectivity index (χ2n) is 11.8. The first kappa shape index (κ1) is 30.8. The Hall–Kier alpha value is -3.14. The highest BCUT2D eigenvalue weighted by Crippen LogP contribution is 2.34. The molecule has 1 atom stereocenters. The number of benzene rings is 2. The first-order chi connectivity index (χ1) is 19.3. The molecule has 41 heavy (non-hydrogen) atoms. The van der Waals surface area contributed by atoms with E-state index in [2.05, 4.69) is 55.7 Å². The normalized spacial score (nSPS) is 15.7. The average molecular weight is 582 g/mol. The number of fused-ring (bicyclic) bond motifs is 1. The number of rotatable bonds is 9. The van der Waals surface area contributed by atoms with E-state index in [9.17, 15) is 13.2 Å². The fourth-order valence-corrected chi connectivity index (χ4v) is 7.14. The van der Waals surface area contributed by atoms with E-state index in [0.29, 0.717) is 30.0 Å². The predicted octanol–water partition coefficient (Wildman–Crippen LogP) is 4.99. The van der Waals surface area contributed by atoms with E-state index in [1.54, 1.807) is 27.0 Å². The number of carbonyl (C=O) groups excluding carboxylic acids is 1. The second-order valence-corrected chi connectivity index (χ2v) is 13.8. The summed E-state index contributed by atoms with van der Waals surface area (Å²) in [5.41, 5.74) is 5.49. The maximum absolute atomic E-state index is 13.4. The molecule has 1 unspecified atom stereocenters. The lowest BCUT2D eigenvalue weighted by Gasteiger charge is -2.37. The highest BCUT2D eigenvalue weighted by atomic mass is 32.2. The fourth-order valence-electron chi connectivity index (χ4n) is 5.51. The molecule has 0 saturated heterocycles. The van der Waals surface area contributed by atoms with Crippen LogP contribution in [0.5, 0.6) is 5.75 Å². The van der Waals surface area contributed by atoms with Crippen molar-refractivity contribution < 1.29 is 22.7 Å². The SMILES string of the molecule is COc1cc(C)c(S(=O)(=O)N(C)CCOCC(=O)N2CCn3cccc3C2c2ccc(C(C)(C)C)cc2)c(C)c1C. The molecular formula is C32H43N3O5S. The third-order valence-corrected chi connectivity index (χ3v) is 10.2. The Morgan fingerprint density at radius 3 is 2.37 bits per heavy atom. The summed E-state index contributed by atoms with van der Waals surface area (Å²) in [7, 11) is -0.643. The van der Waals surface area contributed by atoms with Crippen molar-refractivity contribution >= 4 is 15.9 Å². The summed E-state index contributed by atoms with van der Waals surface area (Å²) in [5.74, 6) is 0.544. The minimum absolute atomic E-state index is 0.0406. The van der Waals surface area contributed by atoms with Gasteiger partial charge in [0.15, 0.2) is 0 Å². The molecule has 0 radical (unpaired) electrons. The van der Waals surface area contributed by atoms with E-state index in [0.717, 1.165) is 16.8 Å². The van der Waals surface area contributed by atoms with Gasteiger partial charge >= 0.3 is 0 Å². The number of methoxy groups -OCH3 is 1. The molecule has 1 aromatic heterocycles. The summed E-state index contributed by atoms with van der Waals surface area (Å²) in [6.45, 7) is 13.4. The van der Waals surface area contributed by atoms with E-state index >= 15 is 0 Å². The van der Waals surface area contributed by atoms with Gasteiger partial charge in [-0.3, -0.25) is 4.79 Å². The molecule has 0 bridgehead atoms. The zero-order valence-corrected chi connectivity index (χ0v) is 26.3. The summed E-state index contributed by atoms with van der Waals surface area (Å²) >= 11 is 0. The largest absolute Gasteiger partial charge is 0.496 e. The van der Waals surface area contributed by atoms with Crippen LogP contribution < -0.4 is 4.74 Å². The molecule has 2 heterocycles. The van der Waals surface area contributed by atoms with E-state index in [1.165, 1.54) is 16.9 Å². The van der Waals surface area contributed by atoms with Gasteiger partial charge in [-0.2, -0.15) is 4.31 Å². The Morgan fingerprint density at radius 1 is 1.05 bits per heavy atom. The van der Waals surface area contributed by atoms with Gasteiger partial charge in [-0.25, -0.2) is 8.42 Å². The molecule has 1 aliphatic rings. The maximum atomic E-state index is 13.4. The van der Waals surface area contributed by atoms with Crippen molar-refractivity contribution in [3.05, 3.63) is 82.2 Å². The standard InChI is InChI=1S/C32H43N3O5S/c1-22-20-28(39-8)23(2)24(3)31(22)41(37,38)33(7)18-19-40-21-29(36)35-17-16-34-15-9-10-27(34)30(35)25-11-13-26(14-12-25)32(4,5)6/h9-15,20,30H,16-19,21H2,1-8H3. The topological polar surface area (TPSA) is 81.1 Å². The van der Waals surface area contributed by atoms with Gasteiger partial charge in [-0.15, -0.1) is 0 Å². The Morgan fingerprint density at radius 2 is 1.73 bits per heavy atom. The highest BCUT2D eigenvalue weighted by Gasteiger charge is 2.33. The van der Waals surface area contributed by atoms with Gasteiger partial charge in [0.2, 0.25) is 15.9 Å². The number of aryl methyl sites for hydroxylation is 1. The van der Waals surface area contributed by atoms with E-state index in [1.807, 2.05) is 24.1 Å². The number of hydrogen-bond donors (Lipinski definition) is 0. The van der Waals surface area contributed by atoms with E-state index in [4.69, 9.17) is 9.47 Å². The van der Waals surface area contributed by atoms with Crippen LogP contribution in [0, 0.1) is 20.8 Å². The van der Waals surface area contributed by atoms with Crippen molar-refractivity contribution in [3.63, 3.8) is 0 Å². The summed E-state index contributed by atoms with van der Waals surface area (Å²) in [6, 6.07) is 14.1. The minimum Gasteiger partial charge on any atom is -0.496 e. The molecule has 2 aromatic carbocycles. The zero-order valence-electron chi connectivity index (χ0n) is 25.5. The molecule has 0 N–H and O–H groups in total. The third-order valence-electron chi connectivity index (χ3n) is 8.09. The highest BCUT2D eigenvalue weighted by molar-refractivity contribution is 7.89. The average Bonchev–Trinajstić information content (AvgIpc) is 3.40. The van der Waals surface area contributed by atoms with Crippen LogP contribution in [-0.4, -0.2) is 68.6 Å². The van der Waals surface area contributed by atoms with Gasteiger partial charge in [-0.05, 0) is 72.2 Å². The van der Waals surface area contributed by atoms with Gasteiger partial charge in [0.1, 0.15) is 12.4 Å². The fraction of sp³-hybridized carbons (Fsp3) is 0.469. The summed E-state index contributed by atoms with van der Waals surface area (Å²) in [5, 5.41) is 0. The molecule has 0 saturated carbocycles. The minimum atomic E-state index is -3.76. The van der Waals surface area contributed by atoms with Crippen LogP contribution in [0.25, 0.3) is 0 Å². The summed E-state index contributed by atoms with van der Waals surface area (Å²) in [4.78, 5) is 15.6. The van der Waals surface area contributed by atoms with Crippen molar-refractivity contribution in [1.82, 2.24) is 13.8 Å². The van der Waals surface area contributed by atoms with E-state index < -0.39 is 10.0 Å². The van der Waals surface area contributed by atoms with Gasteiger partial charge in [-0.1, -0.05) is 45.0 Å². The summed E-state index contributed by atoms with van der Waals surface area (Å²) < 4.78 is 41.5. The molecule has 1 amide bonds. The molecule has 222 valence electrons. The van der Waals surface area contributed by atoms with Crippen molar-refractivity contribution in [2.45, 2.75) is 64.4 Å². The van der Waals surface area contributed by atoms with Crippen LogP contribution in [0.4, 0.5) is 0 Å². The Kier molecular flexibility index (Phi) is 9.01. The van der Waals surface area contributed by atoms with Crippen LogP contribution in [0.15, 0.2) is 53.6 Å². The molecule has 8 nitrogen and oxygen atoms in total. The molecular weight excluding hydrogens is 538 g/mol. The van der Waals surface area contributed by atoms with Crippen molar-refractivity contribution in [2.75, 3.05) is 40.5 Å². The van der Waals surface area contributed by atoms with Crippen LogP contribution in [0.2, 0.25) is 0 Å². The maximum Gasteiger partial charge on any atom is 0.249 e. The van der Waals surface area contributed by atoms with Crippen LogP contribution in [-0.2, 0) is 31.5 Å². The first-order valence-corrected chi connectivity index (χ1v) is 15.4. The number of sulfonamides is 1. The van der Waals surface area contributed by atoms with Gasteiger partial charge in [0, 0.05) is 38.6 Å². The second kappa shape index (κ2) is 12.0. The molecule has 0 fully saturated rings. The van der Waals surface area contributed by atoms with Crippen molar-refractivity contribution in [2.24, 2.45) is 0 Å². The lowest BCUT2D eigenvalue weighted by molar-refractivity contribution is -0.138. The Balaban J connectivity index is 1.43. The number of amides is 1. The number of ether oxygens (including phenoxy) is 2. The molecule has 9 heteroatoms. The Bertz CT molecular complexity index is 1500. The first-order valence-electron chi connectivity index (χ1n) is 14.0. The summed E-state index contributed by atoms with van der Waals surface area (Å²) in [6.07, 6.45) is 2.05. The molecule has 3 aromatic rings. The predicted molar refractivity (Wildman–Crippen MR) is 161 cm³/mol. The van der Waals surface area contributed by atoms with Crippen LogP contribution in [0.1, 0.15) is 60.3 Å².